The van der Waals surface area contributed by atoms with Gasteiger partial charge in [-0.05, 0) is 30.2 Å². The maximum Gasteiger partial charge on any atom is 0.432 e. The molecule has 126 valence electrons. The molecule has 2 aromatic carbocycles. The standard InChI is InChI=1S/C17H17NO5S/c1-12-6-8-16(9-7-12)24(20,21)23-18-17(19)22-15-10-13-4-2-3-5-14(13)11-15/h2-9,15H,10-11H2,1H3,(H,18,19). The molecule has 1 amide bonds. The fourth-order valence-corrected chi connectivity index (χ4v) is 3.36. The van der Waals surface area contributed by atoms with Crippen LogP contribution in [0.3, 0.4) is 0 Å². The van der Waals surface area contributed by atoms with Crippen LogP contribution in [0, 0.1) is 6.92 Å². The molecule has 0 saturated carbocycles. The summed E-state index contributed by atoms with van der Waals surface area (Å²) in [6.45, 7) is 1.84. The number of carbonyl (C=O) groups is 1. The number of benzene rings is 2. The zero-order valence-corrected chi connectivity index (χ0v) is 13.9. The number of carbonyl (C=O) groups excluding carboxylic acids is 1. The van der Waals surface area contributed by atoms with E-state index in [9.17, 15) is 13.2 Å². The normalized spacial score (nSPS) is 14.2. The van der Waals surface area contributed by atoms with Gasteiger partial charge in [0.2, 0.25) is 0 Å². The Kier molecular flexibility index (Phi) is 4.55. The van der Waals surface area contributed by atoms with E-state index >= 15 is 0 Å². The van der Waals surface area contributed by atoms with E-state index in [2.05, 4.69) is 4.28 Å². The number of rotatable bonds is 4. The molecule has 0 fully saturated rings. The molecule has 0 aromatic heterocycles. The summed E-state index contributed by atoms with van der Waals surface area (Å²) in [7, 11) is -4.07. The highest BCUT2D eigenvalue weighted by Gasteiger charge is 2.25. The van der Waals surface area contributed by atoms with Gasteiger partial charge in [0.05, 0.1) is 4.90 Å². The van der Waals surface area contributed by atoms with Crippen LogP contribution in [0.25, 0.3) is 0 Å². The second kappa shape index (κ2) is 6.62. The Balaban J connectivity index is 1.54. The molecule has 0 spiro atoms. The number of hydrogen-bond acceptors (Lipinski definition) is 5. The maximum absolute atomic E-state index is 12.0. The summed E-state index contributed by atoms with van der Waals surface area (Å²) in [6.07, 6.45) is -0.0423. The SMILES string of the molecule is Cc1ccc(S(=O)(=O)ONC(=O)OC2Cc3ccccc3C2)cc1. The molecule has 0 unspecified atom stereocenters. The van der Waals surface area contributed by atoms with Crippen molar-refractivity contribution in [3.05, 3.63) is 65.2 Å². The molecule has 0 atom stereocenters. The lowest BCUT2D eigenvalue weighted by molar-refractivity contribution is 0.0700. The van der Waals surface area contributed by atoms with Gasteiger partial charge in [-0.3, -0.25) is 0 Å². The number of amides is 1. The molecular weight excluding hydrogens is 330 g/mol. The van der Waals surface area contributed by atoms with Crippen molar-refractivity contribution in [1.29, 1.82) is 0 Å². The van der Waals surface area contributed by atoms with E-state index in [1.54, 1.807) is 12.1 Å². The van der Waals surface area contributed by atoms with Crippen molar-refractivity contribution in [2.75, 3.05) is 0 Å². The second-order valence-corrected chi connectivity index (χ2v) is 7.20. The van der Waals surface area contributed by atoms with Crippen LogP contribution in [-0.2, 0) is 32.0 Å². The van der Waals surface area contributed by atoms with E-state index in [-0.39, 0.29) is 11.0 Å². The van der Waals surface area contributed by atoms with E-state index < -0.39 is 16.2 Å². The van der Waals surface area contributed by atoms with Gasteiger partial charge in [0.15, 0.2) is 0 Å². The molecule has 1 N–H and O–H groups in total. The van der Waals surface area contributed by atoms with Crippen molar-refractivity contribution in [3.63, 3.8) is 0 Å². The zero-order valence-electron chi connectivity index (χ0n) is 13.1. The molecule has 2 aromatic rings. The summed E-state index contributed by atoms with van der Waals surface area (Å²) in [5.74, 6) is 0. The molecule has 7 heteroatoms. The number of ether oxygens (including phenoxy) is 1. The molecule has 0 bridgehead atoms. The third-order valence-electron chi connectivity index (χ3n) is 3.83. The van der Waals surface area contributed by atoms with E-state index in [4.69, 9.17) is 4.74 Å². The Bertz CT molecular complexity index is 821. The highest BCUT2D eigenvalue weighted by Crippen LogP contribution is 2.23. The lowest BCUT2D eigenvalue weighted by Gasteiger charge is -2.12. The Hall–Kier alpha value is -2.38. The lowest BCUT2D eigenvalue weighted by Crippen LogP contribution is -2.31. The van der Waals surface area contributed by atoms with Crippen molar-refractivity contribution in [3.8, 4) is 0 Å². The minimum atomic E-state index is -4.07. The second-order valence-electron chi connectivity index (χ2n) is 5.66. The molecule has 0 radical (unpaired) electrons. The molecule has 6 nitrogen and oxygen atoms in total. The van der Waals surface area contributed by atoms with Crippen LogP contribution >= 0.6 is 0 Å². The fraction of sp³-hybridized carbons (Fsp3) is 0.235. The summed E-state index contributed by atoms with van der Waals surface area (Å²) >= 11 is 0. The van der Waals surface area contributed by atoms with E-state index in [0.717, 1.165) is 16.7 Å². The van der Waals surface area contributed by atoms with Crippen molar-refractivity contribution in [1.82, 2.24) is 5.48 Å². The van der Waals surface area contributed by atoms with Crippen molar-refractivity contribution >= 4 is 16.2 Å². The predicted molar refractivity (Wildman–Crippen MR) is 86.7 cm³/mol. The molecule has 0 heterocycles. The smallest absolute Gasteiger partial charge is 0.432 e. The van der Waals surface area contributed by atoms with Crippen LogP contribution in [-0.4, -0.2) is 20.6 Å². The van der Waals surface area contributed by atoms with E-state index in [1.807, 2.05) is 36.7 Å². The van der Waals surface area contributed by atoms with Gasteiger partial charge in [-0.15, -0.1) is 4.28 Å². The van der Waals surface area contributed by atoms with Gasteiger partial charge >= 0.3 is 16.2 Å². The minimum absolute atomic E-state index is 0.0401. The predicted octanol–water partition coefficient (Wildman–Crippen LogP) is 2.51. The number of hydrogen-bond donors (Lipinski definition) is 1. The number of nitrogens with one attached hydrogen (secondary N) is 1. The first-order valence-electron chi connectivity index (χ1n) is 7.47. The van der Waals surface area contributed by atoms with Gasteiger partial charge in [-0.2, -0.15) is 13.9 Å². The summed E-state index contributed by atoms with van der Waals surface area (Å²) in [4.78, 5) is 11.7. The monoisotopic (exact) mass is 347 g/mol. The van der Waals surface area contributed by atoms with Gasteiger partial charge in [-0.25, -0.2) is 4.79 Å². The van der Waals surface area contributed by atoms with Gasteiger partial charge < -0.3 is 4.74 Å². The molecule has 0 saturated heterocycles. The summed E-state index contributed by atoms with van der Waals surface area (Å²) in [5, 5.41) is 0. The maximum atomic E-state index is 12.0. The first kappa shape index (κ1) is 16.5. The van der Waals surface area contributed by atoms with Gasteiger partial charge in [-0.1, -0.05) is 42.0 Å². The van der Waals surface area contributed by atoms with E-state index in [1.165, 1.54) is 12.1 Å². The largest absolute Gasteiger partial charge is 0.444 e. The lowest BCUT2D eigenvalue weighted by atomic mass is 10.1. The van der Waals surface area contributed by atoms with Crippen LogP contribution < -0.4 is 5.48 Å². The van der Waals surface area contributed by atoms with Crippen molar-refractivity contribution in [2.24, 2.45) is 0 Å². The topological polar surface area (TPSA) is 81.7 Å². The van der Waals surface area contributed by atoms with Crippen LogP contribution in [0.2, 0.25) is 0 Å². The molecule has 0 aliphatic heterocycles. The third-order valence-corrected chi connectivity index (χ3v) is 4.98. The van der Waals surface area contributed by atoms with Gasteiger partial charge in [0.1, 0.15) is 6.10 Å². The third kappa shape index (κ3) is 3.74. The van der Waals surface area contributed by atoms with Crippen molar-refractivity contribution < 1.29 is 22.2 Å². The first-order chi connectivity index (χ1) is 11.4. The molecular formula is C17H17NO5S. The molecule has 3 rings (SSSR count). The number of fused-ring (bicyclic) bond motifs is 1. The first-order valence-corrected chi connectivity index (χ1v) is 8.88. The van der Waals surface area contributed by atoms with Crippen LogP contribution in [0.1, 0.15) is 16.7 Å². The van der Waals surface area contributed by atoms with Gasteiger partial charge in [0.25, 0.3) is 0 Å². The van der Waals surface area contributed by atoms with E-state index in [0.29, 0.717) is 12.8 Å². The Morgan fingerprint density at radius 2 is 1.62 bits per heavy atom. The number of aryl methyl sites for hydroxylation is 1. The van der Waals surface area contributed by atoms with Crippen molar-refractivity contribution in [2.45, 2.75) is 30.8 Å². The average molecular weight is 347 g/mol. The summed E-state index contributed by atoms with van der Waals surface area (Å²) in [5.41, 5.74) is 5.02. The van der Waals surface area contributed by atoms with Gasteiger partial charge in [0, 0.05) is 12.8 Å². The molecule has 1 aliphatic rings. The highest BCUT2D eigenvalue weighted by atomic mass is 32.2. The van der Waals surface area contributed by atoms with Crippen LogP contribution in [0.4, 0.5) is 4.79 Å². The zero-order chi connectivity index (χ0) is 17.2. The Morgan fingerprint density at radius 1 is 1.04 bits per heavy atom. The fourth-order valence-electron chi connectivity index (χ4n) is 2.62. The Labute approximate surface area is 140 Å². The highest BCUT2D eigenvalue weighted by molar-refractivity contribution is 7.86. The van der Waals surface area contributed by atoms with Crippen LogP contribution in [0.15, 0.2) is 53.4 Å². The quantitative estimate of drug-likeness (QED) is 0.860. The Morgan fingerprint density at radius 3 is 2.21 bits per heavy atom. The minimum Gasteiger partial charge on any atom is -0.444 e. The summed E-state index contributed by atoms with van der Waals surface area (Å²) in [6, 6.07) is 13.9. The average Bonchev–Trinajstić information content (AvgIpc) is 2.95. The van der Waals surface area contributed by atoms with Crippen LogP contribution in [0.5, 0.6) is 0 Å². The number of hydroxylamine groups is 1. The summed E-state index contributed by atoms with van der Waals surface area (Å²) < 4.78 is 33.7. The molecule has 1 aliphatic carbocycles. The molecule has 24 heavy (non-hydrogen) atoms.